The Morgan fingerprint density at radius 2 is 1.68 bits per heavy atom. The molecule has 0 aliphatic heterocycles. The molecule has 1 aromatic carbocycles. The third-order valence-corrected chi connectivity index (χ3v) is 3.27. The maximum absolute atomic E-state index is 8.81. The van der Waals surface area contributed by atoms with Crippen LogP contribution in [-0.4, -0.2) is 5.16 Å². The smallest absolute Gasteiger partial charge is 0.184 e. The van der Waals surface area contributed by atoms with Gasteiger partial charge in [-0.2, -0.15) is 5.26 Å². The number of aryl methyl sites for hydroxylation is 2. The van der Waals surface area contributed by atoms with Gasteiger partial charge >= 0.3 is 0 Å². The number of rotatable bonds is 1. The number of nitrogens with zero attached hydrogens (tertiary/aromatic N) is 2. The third-order valence-electron chi connectivity index (χ3n) is 3.27. The maximum atomic E-state index is 8.81. The lowest BCUT2D eigenvalue weighted by molar-refractivity contribution is 0.429. The Labute approximate surface area is 113 Å². The van der Waals surface area contributed by atoms with Gasteiger partial charge in [-0.15, -0.1) is 0 Å². The van der Waals surface area contributed by atoms with Crippen LogP contribution in [0.4, 0.5) is 0 Å². The van der Waals surface area contributed by atoms with Crippen LogP contribution in [0.5, 0.6) is 0 Å². The highest BCUT2D eigenvalue weighted by Crippen LogP contribution is 2.32. The first-order chi connectivity index (χ1) is 8.82. The first kappa shape index (κ1) is 13.4. The van der Waals surface area contributed by atoms with Crippen molar-refractivity contribution in [2.24, 2.45) is 0 Å². The molecule has 0 bridgehead atoms. The van der Waals surface area contributed by atoms with Gasteiger partial charge in [-0.25, -0.2) is 0 Å². The highest BCUT2D eigenvalue weighted by atomic mass is 16.5. The van der Waals surface area contributed by atoms with E-state index in [1.165, 1.54) is 5.56 Å². The lowest BCUT2D eigenvalue weighted by atomic mass is 9.83. The summed E-state index contributed by atoms with van der Waals surface area (Å²) in [5.74, 6) is 0.659. The molecule has 0 radical (unpaired) electrons. The van der Waals surface area contributed by atoms with Crippen molar-refractivity contribution >= 4 is 0 Å². The van der Waals surface area contributed by atoms with Crippen molar-refractivity contribution in [3.05, 3.63) is 40.6 Å². The van der Waals surface area contributed by atoms with E-state index in [1.54, 1.807) is 6.07 Å². The summed E-state index contributed by atoms with van der Waals surface area (Å²) in [4.78, 5) is 0. The van der Waals surface area contributed by atoms with Crippen LogP contribution in [0, 0.1) is 25.2 Å². The quantitative estimate of drug-likeness (QED) is 0.768. The number of hydrogen-bond acceptors (Lipinski definition) is 3. The van der Waals surface area contributed by atoms with Crippen molar-refractivity contribution in [1.29, 1.82) is 5.26 Å². The van der Waals surface area contributed by atoms with Gasteiger partial charge in [0.05, 0.1) is 0 Å². The molecule has 2 rings (SSSR count). The molecular formula is C16H18N2O. The topological polar surface area (TPSA) is 49.8 Å². The van der Waals surface area contributed by atoms with Gasteiger partial charge in [0.2, 0.25) is 0 Å². The van der Waals surface area contributed by atoms with Crippen LogP contribution >= 0.6 is 0 Å². The summed E-state index contributed by atoms with van der Waals surface area (Å²) in [7, 11) is 0. The lowest BCUT2D eigenvalue weighted by Crippen LogP contribution is -2.12. The van der Waals surface area contributed by atoms with E-state index in [0.29, 0.717) is 11.5 Å². The molecule has 1 aromatic heterocycles. The number of hydrogen-bond donors (Lipinski definition) is 0. The lowest BCUT2D eigenvalue weighted by Gasteiger charge is -2.21. The summed E-state index contributed by atoms with van der Waals surface area (Å²) in [6, 6.07) is 8.03. The fourth-order valence-electron chi connectivity index (χ4n) is 2.23. The molecule has 98 valence electrons. The first-order valence-electron chi connectivity index (χ1n) is 6.32. The van der Waals surface area contributed by atoms with Crippen LogP contribution in [0.1, 0.15) is 43.2 Å². The van der Waals surface area contributed by atoms with Gasteiger partial charge < -0.3 is 4.52 Å². The van der Waals surface area contributed by atoms with E-state index in [4.69, 9.17) is 9.78 Å². The molecule has 3 nitrogen and oxygen atoms in total. The summed E-state index contributed by atoms with van der Waals surface area (Å²) in [6.45, 7) is 10.7. The monoisotopic (exact) mass is 254 g/mol. The highest BCUT2D eigenvalue weighted by Gasteiger charge is 2.18. The molecule has 19 heavy (non-hydrogen) atoms. The van der Waals surface area contributed by atoms with Gasteiger partial charge in [0.15, 0.2) is 11.5 Å². The molecule has 0 saturated heterocycles. The van der Waals surface area contributed by atoms with Crippen LogP contribution < -0.4 is 0 Å². The van der Waals surface area contributed by atoms with Crippen molar-refractivity contribution < 1.29 is 4.52 Å². The second kappa shape index (κ2) is 4.55. The van der Waals surface area contributed by atoms with Crippen molar-refractivity contribution in [3.63, 3.8) is 0 Å². The van der Waals surface area contributed by atoms with Gasteiger partial charge in [0.1, 0.15) is 6.07 Å². The Kier molecular flexibility index (Phi) is 3.20. The van der Waals surface area contributed by atoms with E-state index < -0.39 is 0 Å². The molecule has 0 saturated carbocycles. The molecule has 2 aromatic rings. The zero-order chi connectivity index (χ0) is 14.2. The van der Waals surface area contributed by atoms with Gasteiger partial charge in [0, 0.05) is 11.6 Å². The molecule has 0 aliphatic carbocycles. The van der Waals surface area contributed by atoms with E-state index >= 15 is 0 Å². The standard InChI is InChI=1S/C16H18N2O/c1-10-6-12(16(3,4)5)7-11(2)15(10)14-8-13(9-17)18-19-14/h6-8H,1-5H3. The Hall–Kier alpha value is -2.08. The highest BCUT2D eigenvalue weighted by molar-refractivity contribution is 5.67. The fraction of sp³-hybridized carbons (Fsp3) is 0.375. The van der Waals surface area contributed by atoms with Gasteiger partial charge in [0.25, 0.3) is 0 Å². The predicted molar refractivity (Wildman–Crippen MR) is 74.8 cm³/mol. The Bertz CT molecular complexity index is 631. The number of nitriles is 1. The molecular weight excluding hydrogens is 236 g/mol. The largest absolute Gasteiger partial charge is 0.355 e. The second-order valence-corrected chi connectivity index (χ2v) is 5.92. The molecule has 1 heterocycles. The zero-order valence-corrected chi connectivity index (χ0v) is 12.0. The molecule has 0 N–H and O–H groups in total. The predicted octanol–water partition coefficient (Wildman–Crippen LogP) is 4.13. The minimum atomic E-state index is 0.118. The SMILES string of the molecule is Cc1cc(C(C)(C)C)cc(C)c1-c1cc(C#N)no1. The zero-order valence-electron chi connectivity index (χ0n) is 12.0. The Morgan fingerprint density at radius 1 is 1.11 bits per heavy atom. The Balaban J connectivity index is 2.57. The van der Waals surface area contributed by atoms with Crippen LogP contribution in [0.15, 0.2) is 22.7 Å². The third kappa shape index (κ3) is 2.53. The molecule has 0 unspecified atom stereocenters. The summed E-state index contributed by atoms with van der Waals surface area (Å²) >= 11 is 0. The van der Waals surface area contributed by atoms with E-state index in [1.807, 2.05) is 6.07 Å². The fourth-order valence-corrected chi connectivity index (χ4v) is 2.23. The number of benzene rings is 1. The van der Waals surface area contributed by atoms with Crippen molar-refractivity contribution in [2.75, 3.05) is 0 Å². The van der Waals surface area contributed by atoms with Crippen molar-refractivity contribution in [3.8, 4) is 17.4 Å². The van der Waals surface area contributed by atoms with E-state index in [2.05, 4.69) is 51.9 Å². The Morgan fingerprint density at radius 3 is 2.11 bits per heavy atom. The van der Waals surface area contributed by atoms with E-state index in [-0.39, 0.29) is 5.41 Å². The van der Waals surface area contributed by atoms with Gasteiger partial charge in [-0.1, -0.05) is 38.1 Å². The molecule has 0 atom stereocenters. The van der Waals surface area contributed by atoms with Crippen LogP contribution in [0.3, 0.4) is 0 Å². The maximum Gasteiger partial charge on any atom is 0.184 e. The van der Waals surface area contributed by atoms with Crippen LogP contribution in [0.25, 0.3) is 11.3 Å². The summed E-state index contributed by atoms with van der Waals surface area (Å²) in [5.41, 5.74) is 5.05. The van der Waals surface area contributed by atoms with Crippen molar-refractivity contribution in [2.45, 2.75) is 40.0 Å². The van der Waals surface area contributed by atoms with E-state index in [9.17, 15) is 0 Å². The average molecular weight is 254 g/mol. The summed E-state index contributed by atoms with van der Waals surface area (Å²) in [5, 5.41) is 12.5. The van der Waals surface area contributed by atoms with Gasteiger partial charge in [-0.3, -0.25) is 0 Å². The summed E-state index contributed by atoms with van der Waals surface area (Å²) < 4.78 is 5.26. The molecule has 0 spiro atoms. The molecule has 0 amide bonds. The molecule has 0 fully saturated rings. The minimum absolute atomic E-state index is 0.118. The molecule has 0 aliphatic rings. The molecule has 3 heteroatoms. The van der Waals surface area contributed by atoms with E-state index in [0.717, 1.165) is 16.7 Å². The summed E-state index contributed by atoms with van der Waals surface area (Å²) in [6.07, 6.45) is 0. The van der Waals surface area contributed by atoms with Crippen molar-refractivity contribution in [1.82, 2.24) is 5.16 Å². The van der Waals surface area contributed by atoms with Crippen LogP contribution in [-0.2, 0) is 5.41 Å². The minimum Gasteiger partial charge on any atom is -0.355 e. The normalized spacial score (nSPS) is 11.4. The van der Waals surface area contributed by atoms with Gasteiger partial charge in [-0.05, 0) is 36.0 Å². The first-order valence-corrected chi connectivity index (χ1v) is 6.32. The average Bonchev–Trinajstić information content (AvgIpc) is 2.75. The second-order valence-electron chi connectivity index (χ2n) is 5.92. The number of aromatic nitrogens is 1. The van der Waals surface area contributed by atoms with Crippen LogP contribution in [0.2, 0.25) is 0 Å².